The maximum atomic E-state index is 13.2. The number of benzene rings is 2. The molecule has 1 atom stereocenters. The minimum Gasteiger partial charge on any atom is -0.497 e. The monoisotopic (exact) mass is 511 g/mol. The van der Waals surface area contributed by atoms with Gasteiger partial charge >= 0.3 is 6.03 Å². The molecule has 0 spiro atoms. The van der Waals surface area contributed by atoms with E-state index in [9.17, 15) is 19.2 Å². The second-order valence-electron chi connectivity index (χ2n) is 9.75. The molecular weight excluding hydrogens is 486 g/mol. The largest absolute Gasteiger partial charge is 0.497 e. The van der Waals surface area contributed by atoms with Crippen molar-refractivity contribution in [1.82, 2.24) is 25.8 Å². The Morgan fingerprint density at radius 1 is 1.11 bits per heavy atom. The van der Waals surface area contributed by atoms with E-state index < -0.39 is 17.5 Å². The lowest BCUT2D eigenvalue weighted by Crippen LogP contribution is -2.52. The summed E-state index contributed by atoms with van der Waals surface area (Å²) in [6.45, 7) is 0.260. The Kier molecular flexibility index (Phi) is 5.59. The molecular formula is C28H25N5O5. The fourth-order valence-corrected chi connectivity index (χ4v) is 4.93. The van der Waals surface area contributed by atoms with Crippen LogP contribution in [0.25, 0.3) is 11.3 Å². The molecule has 10 heteroatoms. The maximum absolute atomic E-state index is 13.2. The van der Waals surface area contributed by atoms with E-state index in [4.69, 9.17) is 4.74 Å². The number of hydrogen-bond acceptors (Lipinski definition) is 6. The lowest BCUT2D eigenvalue weighted by atomic mass is 9.88. The van der Waals surface area contributed by atoms with Crippen LogP contribution in [0, 0.1) is 0 Å². The fraction of sp³-hybridized carbons (Fsp3) is 0.250. The van der Waals surface area contributed by atoms with Gasteiger partial charge in [-0.05, 0) is 48.2 Å². The number of nitrogens with one attached hydrogen (secondary N) is 3. The van der Waals surface area contributed by atoms with Gasteiger partial charge < -0.3 is 20.3 Å². The van der Waals surface area contributed by atoms with Crippen LogP contribution in [-0.2, 0) is 16.9 Å². The van der Waals surface area contributed by atoms with Gasteiger partial charge in [-0.1, -0.05) is 30.3 Å². The number of urea groups is 1. The van der Waals surface area contributed by atoms with Crippen LogP contribution in [0.4, 0.5) is 4.79 Å². The number of carbonyl (C=O) groups excluding carboxylic acids is 4. The number of nitrogens with zero attached hydrogens (tertiary/aromatic N) is 2. The van der Waals surface area contributed by atoms with E-state index >= 15 is 0 Å². The van der Waals surface area contributed by atoms with Crippen LogP contribution >= 0.6 is 0 Å². The zero-order chi connectivity index (χ0) is 26.4. The lowest BCUT2D eigenvalue weighted by Gasteiger charge is -2.31. The van der Waals surface area contributed by atoms with E-state index in [0.717, 1.165) is 24.0 Å². The Morgan fingerprint density at radius 2 is 1.89 bits per heavy atom. The zero-order valence-electron chi connectivity index (χ0n) is 20.6. The highest BCUT2D eigenvalue weighted by Gasteiger charge is 2.50. The SMILES string of the molecule is COc1ccc2c(c1)C(=O)N(CC1(c3ccc(-c4cc(C(=O)NC5CC5)ccn4)cc3)NC(=O)NC1=O)C2. The van der Waals surface area contributed by atoms with E-state index in [2.05, 4.69) is 20.9 Å². The topological polar surface area (TPSA) is 130 Å². The lowest BCUT2D eigenvalue weighted by molar-refractivity contribution is -0.124. The first kappa shape index (κ1) is 23.7. The number of rotatable bonds is 7. The third-order valence-corrected chi connectivity index (χ3v) is 7.17. The van der Waals surface area contributed by atoms with Crippen LogP contribution in [-0.4, -0.2) is 53.3 Å². The van der Waals surface area contributed by atoms with Crippen LogP contribution in [0.3, 0.4) is 0 Å². The molecule has 2 fully saturated rings. The summed E-state index contributed by atoms with van der Waals surface area (Å²) in [5.74, 6) is -0.340. The highest BCUT2D eigenvalue weighted by Crippen LogP contribution is 2.33. The minimum absolute atomic E-state index is 0.0468. The Labute approximate surface area is 218 Å². The molecule has 6 rings (SSSR count). The average molecular weight is 512 g/mol. The standard InChI is InChI=1S/C28H25N5O5/c1-38-21-9-4-18-14-33(25(35)22(18)13-21)15-28(26(36)31-27(37)32-28)19-5-2-16(3-6-19)23-12-17(10-11-29-23)24(34)30-20-7-8-20/h2-6,9-13,20H,7-8,14-15H2,1H3,(H,30,34)(H2,31,32,36,37). The molecule has 1 aliphatic carbocycles. The minimum atomic E-state index is -1.46. The van der Waals surface area contributed by atoms with Crippen molar-refractivity contribution >= 4 is 23.8 Å². The number of fused-ring (bicyclic) bond motifs is 1. The van der Waals surface area contributed by atoms with Crippen molar-refractivity contribution in [3.8, 4) is 17.0 Å². The zero-order valence-corrected chi connectivity index (χ0v) is 20.6. The molecule has 1 unspecified atom stereocenters. The summed E-state index contributed by atoms with van der Waals surface area (Å²) >= 11 is 0. The van der Waals surface area contributed by atoms with Gasteiger partial charge in [0.25, 0.3) is 17.7 Å². The summed E-state index contributed by atoms with van der Waals surface area (Å²) < 4.78 is 5.25. The summed E-state index contributed by atoms with van der Waals surface area (Å²) in [6, 6.07) is 15.3. The summed E-state index contributed by atoms with van der Waals surface area (Å²) in [4.78, 5) is 57.0. The molecule has 2 aliphatic heterocycles. The van der Waals surface area contributed by atoms with E-state index in [-0.39, 0.29) is 24.4 Å². The van der Waals surface area contributed by atoms with Crippen molar-refractivity contribution in [2.75, 3.05) is 13.7 Å². The summed E-state index contributed by atoms with van der Waals surface area (Å²) in [5.41, 5.74) is 2.26. The third-order valence-electron chi connectivity index (χ3n) is 7.17. The average Bonchev–Trinajstić information content (AvgIpc) is 3.63. The summed E-state index contributed by atoms with van der Waals surface area (Å²) in [7, 11) is 1.53. The molecule has 0 bridgehead atoms. The third kappa shape index (κ3) is 4.13. The van der Waals surface area contributed by atoms with E-state index in [0.29, 0.717) is 34.7 Å². The Bertz CT molecular complexity index is 1480. The first-order chi connectivity index (χ1) is 18.4. The number of methoxy groups -OCH3 is 1. The molecule has 3 aliphatic rings. The number of pyridine rings is 1. The Morgan fingerprint density at radius 3 is 2.58 bits per heavy atom. The molecule has 5 amide bonds. The first-order valence-corrected chi connectivity index (χ1v) is 12.3. The van der Waals surface area contributed by atoms with Gasteiger partial charge in [0.05, 0.1) is 19.3 Å². The second-order valence-corrected chi connectivity index (χ2v) is 9.75. The molecule has 3 N–H and O–H groups in total. The van der Waals surface area contributed by atoms with Crippen molar-refractivity contribution in [2.45, 2.75) is 31.0 Å². The van der Waals surface area contributed by atoms with Crippen LogP contribution in [0.1, 0.15) is 44.7 Å². The highest BCUT2D eigenvalue weighted by atomic mass is 16.5. The molecule has 1 aromatic heterocycles. The van der Waals surface area contributed by atoms with Gasteiger partial charge in [0.1, 0.15) is 5.75 Å². The highest BCUT2D eigenvalue weighted by molar-refractivity contribution is 6.08. The molecule has 1 saturated heterocycles. The molecule has 1 saturated carbocycles. The van der Waals surface area contributed by atoms with Crippen LogP contribution in [0.5, 0.6) is 5.75 Å². The molecule has 192 valence electrons. The quantitative estimate of drug-likeness (QED) is 0.418. The van der Waals surface area contributed by atoms with E-state index in [1.807, 2.05) is 6.07 Å². The van der Waals surface area contributed by atoms with E-state index in [1.54, 1.807) is 59.6 Å². The van der Waals surface area contributed by atoms with Gasteiger partial charge in [0.2, 0.25) is 0 Å². The Balaban J connectivity index is 1.28. The van der Waals surface area contributed by atoms with Crippen molar-refractivity contribution in [2.24, 2.45) is 0 Å². The van der Waals surface area contributed by atoms with Crippen molar-refractivity contribution in [1.29, 1.82) is 0 Å². The molecule has 38 heavy (non-hydrogen) atoms. The van der Waals surface area contributed by atoms with Crippen LogP contribution in [0.15, 0.2) is 60.8 Å². The molecule has 0 radical (unpaired) electrons. The van der Waals surface area contributed by atoms with Gasteiger partial charge in [0, 0.05) is 35.5 Å². The molecule has 10 nitrogen and oxygen atoms in total. The number of imide groups is 1. The molecule has 3 aromatic rings. The van der Waals surface area contributed by atoms with Gasteiger partial charge in [-0.3, -0.25) is 24.7 Å². The predicted octanol–water partition coefficient (Wildman–Crippen LogP) is 2.34. The summed E-state index contributed by atoms with van der Waals surface area (Å²) in [5, 5.41) is 8.04. The maximum Gasteiger partial charge on any atom is 0.322 e. The van der Waals surface area contributed by atoms with Crippen molar-refractivity contribution in [3.05, 3.63) is 83.0 Å². The van der Waals surface area contributed by atoms with Gasteiger partial charge in [-0.25, -0.2) is 4.79 Å². The number of amides is 5. The van der Waals surface area contributed by atoms with Crippen LogP contribution < -0.4 is 20.7 Å². The van der Waals surface area contributed by atoms with Gasteiger partial charge in [-0.2, -0.15) is 0 Å². The number of carbonyl (C=O) groups is 4. The smallest absolute Gasteiger partial charge is 0.322 e. The van der Waals surface area contributed by atoms with E-state index in [1.165, 1.54) is 7.11 Å². The summed E-state index contributed by atoms with van der Waals surface area (Å²) in [6.07, 6.45) is 3.59. The predicted molar refractivity (Wildman–Crippen MR) is 136 cm³/mol. The number of aromatic nitrogens is 1. The second kappa shape index (κ2) is 8.98. The molecule has 3 heterocycles. The van der Waals surface area contributed by atoms with Crippen molar-refractivity contribution < 1.29 is 23.9 Å². The van der Waals surface area contributed by atoms with Gasteiger partial charge in [0.15, 0.2) is 5.54 Å². The van der Waals surface area contributed by atoms with Gasteiger partial charge in [-0.15, -0.1) is 0 Å². The Hall–Kier alpha value is -4.73. The number of hydrogen-bond donors (Lipinski definition) is 3. The normalized spacial score (nSPS) is 20.1. The molecule has 2 aromatic carbocycles. The fourth-order valence-electron chi connectivity index (χ4n) is 4.93. The van der Waals surface area contributed by atoms with Crippen molar-refractivity contribution in [3.63, 3.8) is 0 Å². The van der Waals surface area contributed by atoms with Crippen LogP contribution in [0.2, 0.25) is 0 Å². The number of ether oxygens (including phenoxy) is 1. The first-order valence-electron chi connectivity index (χ1n) is 12.3.